The molecule has 1 aliphatic heterocycles. The minimum atomic E-state index is -0.585. The largest absolute Gasteiger partial charge is 0.475 e. The molecule has 1 N–H and O–H groups in total. The van der Waals surface area contributed by atoms with Crippen LogP contribution >= 0.6 is 15.9 Å². The molecule has 2 heterocycles. The van der Waals surface area contributed by atoms with Gasteiger partial charge in [-0.1, -0.05) is 34.1 Å². The molecule has 1 aliphatic rings. The molecule has 1 aromatic carbocycles. The van der Waals surface area contributed by atoms with E-state index in [-0.39, 0.29) is 5.91 Å². The quantitative estimate of drug-likeness (QED) is 0.627. The van der Waals surface area contributed by atoms with Crippen LogP contribution < -0.4 is 10.1 Å². The van der Waals surface area contributed by atoms with Crippen molar-refractivity contribution in [2.45, 2.75) is 24.8 Å². The number of nitrogens with one attached hydrogen (secondary N) is 1. The van der Waals surface area contributed by atoms with Crippen molar-refractivity contribution in [3.63, 3.8) is 0 Å². The average Bonchev–Trinajstić information content (AvgIpc) is 2.74. The second kappa shape index (κ2) is 10.0. The lowest BCUT2D eigenvalue weighted by atomic mass is 9.73. The molecule has 0 spiro atoms. The van der Waals surface area contributed by atoms with Crippen LogP contribution in [-0.2, 0) is 26.2 Å². The van der Waals surface area contributed by atoms with Gasteiger partial charge in [0.05, 0.1) is 12.0 Å². The zero-order valence-corrected chi connectivity index (χ0v) is 17.5. The summed E-state index contributed by atoms with van der Waals surface area (Å²) in [4.78, 5) is 17.6. The summed E-state index contributed by atoms with van der Waals surface area (Å²) in [7, 11) is 1.62. The maximum absolute atomic E-state index is 13.3. The number of aromatic nitrogens is 1. The van der Waals surface area contributed by atoms with Crippen molar-refractivity contribution < 1.29 is 19.0 Å². The van der Waals surface area contributed by atoms with Crippen molar-refractivity contribution in [2.75, 3.05) is 33.5 Å². The van der Waals surface area contributed by atoms with Crippen molar-refractivity contribution >= 4 is 21.8 Å². The zero-order chi connectivity index (χ0) is 19.8. The van der Waals surface area contributed by atoms with Crippen molar-refractivity contribution in [1.29, 1.82) is 0 Å². The Morgan fingerprint density at radius 1 is 1.21 bits per heavy atom. The van der Waals surface area contributed by atoms with E-state index in [2.05, 4.69) is 26.2 Å². The van der Waals surface area contributed by atoms with Crippen molar-refractivity contribution in [1.82, 2.24) is 10.3 Å². The van der Waals surface area contributed by atoms with Crippen LogP contribution in [0.3, 0.4) is 0 Å². The molecule has 3 rings (SSSR count). The Bertz CT molecular complexity index is 776. The number of halogens is 1. The number of carbonyl (C=O) groups is 1. The number of hydrogen-bond acceptors (Lipinski definition) is 5. The summed E-state index contributed by atoms with van der Waals surface area (Å²) in [6, 6.07) is 11.7. The molecule has 0 bridgehead atoms. The maximum atomic E-state index is 13.3. The molecule has 0 unspecified atom stereocenters. The number of rotatable bonds is 8. The third-order valence-corrected chi connectivity index (χ3v) is 5.52. The number of pyridine rings is 1. The highest BCUT2D eigenvalue weighted by Gasteiger charge is 2.41. The summed E-state index contributed by atoms with van der Waals surface area (Å²) < 4.78 is 17.2. The lowest BCUT2D eigenvalue weighted by Crippen LogP contribution is -2.47. The van der Waals surface area contributed by atoms with Gasteiger partial charge in [-0.25, -0.2) is 4.98 Å². The lowest BCUT2D eigenvalue weighted by molar-refractivity contribution is -0.130. The van der Waals surface area contributed by atoms with Crippen LogP contribution in [0, 0.1) is 0 Å². The Morgan fingerprint density at radius 3 is 2.68 bits per heavy atom. The summed E-state index contributed by atoms with van der Waals surface area (Å²) in [6.45, 7) is 2.39. The van der Waals surface area contributed by atoms with Gasteiger partial charge in [-0.15, -0.1) is 0 Å². The standard InChI is InChI=1S/C21H25BrN2O4/c1-26-13-14-28-19-16(3-2-10-23-19)15-24-20(25)21(8-11-27-12-9-21)17-4-6-18(22)7-5-17/h2-7,10H,8-9,11-15H2,1H3,(H,24,25). The fourth-order valence-corrected chi connectivity index (χ4v) is 3.65. The van der Waals surface area contributed by atoms with Gasteiger partial charge >= 0.3 is 0 Å². The van der Waals surface area contributed by atoms with Crippen LogP contribution in [0.2, 0.25) is 0 Å². The zero-order valence-electron chi connectivity index (χ0n) is 15.9. The van der Waals surface area contributed by atoms with E-state index in [9.17, 15) is 4.79 Å². The number of benzene rings is 1. The van der Waals surface area contributed by atoms with Gasteiger partial charge in [-0.3, -0.25) is 4.79 Å². The highest BCUT2D eigenvalue weighted by molar-refractivity contribution is 9.10. The third kappa shape index (κ3) is 4.90. The van der Waals surface area contributed by atoms with Gasteiger partial charge in [0.25, 0.3) is 0 Å². The number of ether oxygens (including phenoxy) is 3. The number of carbonyl (C=O) groups excluding carboxylic acids is 1. The summed E-state index contributed by atoms with van der Waals surface area (Å²) in [5, 5.41) is 3.10. The smallest absolute Gasteiger partial charge is 0.231 e. The number of amides is 1. The van der Waals surface area contributed by atoms with Gasteiger partial charge in [-0.2, -0.15) is 0 Å². The molecule has 2 aromatic rings. The first-order chi connectivity index (χ1) is 13.7. The SMILES string of the molecule is COCCOc1ncccc1CNC(=O)C1(c2ccc(Br)cc2)CCOCC1. The molecule has 0 radical (unpaired) electrons. The molecule has 1 fully saturated rings. The Morgan fingerprint density at radius 2 is 1.96 bits per heavy atom. The molecule has 6 nitrogen and oxygen atoms in total. The Labute approximate surface area is 173 Å². The number of methoxy groups -OCH3 is 1. The molecule has 0 atom stereocenters. The van der Waals surface area contributed by atoms with Crippen molar-refractivity contribution in [3.05, 3.63) is 58.2 Å². The normalized spacial score (nSPS) is 15.8. The van der Waals surface area contributed by atoms with E-state index >= 15 is 0 Å². The predicted octanol–water partition coefficient (Wildman–Crippen LogP) is 3.23. The van der Waals surface area contributed by atoms with E-state index in [1.54, 1.807) is 13.3 Å². The second-order valence-corrected chi connectivity index (χ2v) is 7.61. The average molecular weight is 449 g/mol. The van der Waals surface area contributed by atoms with Gasteiger partial charge in [-0.05, 0) is 36.6 Å². The topological polar surface area (TPSA) is 69.7 Å². The number of hydrogen-bond donors (Lipinski definition) is 1. The molecule has 1 amide bonds. The summed E-state index contributed by atoms with van der Waals surface area (Å²) >= 11 is 3.46. The van der Waals surface area contributed by atoms with Crippen LogP contribution in [0.4, 0.5) is 0 Å². The van der Waals surface area contributed by atoms with E-state index < -0.39 is 5.41 Å². The van der Waals surface area contributed by atoms with Crippen LogP contribution in [0.1, 0.15) is 24.0 Å². The Hall–Kier alpha value is -1.96. The first-order valence-corrected chi connectivity index (χ1v) is 10.1. The van der Waals surface area contributed by atoms with E-state index in [1.807, 2.05) is 36.4 Å². The van der Waals surface area contributed by atoms with Crippen LogP contribution in [-0.4, -0.2) is 44.4 Å². The van der Waals surface area contributed by atoms with Gasteiger partial charge < -0.3 is 19.5 Å². The fourth-order valence-electron chi connectivity index (χ4n) is 3.39. The summed E-state index contributed by atoms with van der Waals surface area (Å²) in [6.07, 6.45) is 2.99. The molecule has 7 heteroatoms. The fraction of sp³-hybridized carbons (Fsp3) is 0.429. The predicted molar refractivity (Wildman–Crippen MR) is 109 cm³/mol. The minimum Gasteiger partial charge on any atom is -0.475 e. The van der Waals surface area contributed by atoms with Gasteiger partial charge in [0.15, 0.2) is 0 Å². The lowest BCUT2D eigenvalue weighted by Gasteiger charge is -2.36. The van der Waals surface area contributed by atoms with Gasteiger partial charge in [0.1, 0.15) is 6.61 Å². The van der Waals surface area contributed by atoms with E-state index in [4.69, 9.17) is 14.2 Å². The van der Waals surface area contributed by atoms with Gasteiger partial charge in [0.2, 0.25) is 11.8 Å². The molecule has 150 valence electrons. The minimum absolute atomic E-state index is 0.00446. The highest BCUT2D eigenvalue weighted by Crippen LogP contribution is 2.36. The monoisotopic (exact) mass is 448 g/mol. The van der Waals surface area contributed by atoms with E-state index in [0.717, 1.165) is 15.6 Å². The molecule has 0 saturated carbocycles. The first kappa shape index (κ1) is 20.8. The third-order valence-electron chi connectivity index (χ3n) is 4.99. The molecular weight excluding hydrogens is 424 g/mol. The van der Waals surface area contributed by atoms with Crippen LogP contribution in [0.15, 0.2) is 47.1 Å². The van der Waals surface area contributed by atoms with Crippen LogP contribution in [0.25, 0.3) is 0 Å². The van der Waals surface area contributed by atoms with E-state index in [1.165, 1.54) is 0 Å². The Balaban J connectivity index is 1.74. The van der Waals surface area contributed by atoms with Gasteiger partial charge in [0, 0.05) is 43.1 Å². The van der Waals surface area contributed by atoms with E-state index in [0.29, 0.717) is 51.7 Å². The maximum Gasteiger partial charge on any atom is 0.231 e. The van der Waals surface area contributed by atoms with Crippen molar-refractivity contribution in [2.24, 2.45) is 0 Å². The number of nitrogens with zero attached hydrogens (tertiary/aromatic N) is 1. The second-order valence-electron chi connectivity index (χ2n) is 6.69. The molecule has 1 aromatic heterocycles. The molecule has 0 aliphatic carbocycles. The summed E-state index contributed by atoms with van der Waals surface area (Å²) in [5.74, 6) is 0.523. The molecule has 1 saturated heterocycles. The highest BCUT2D eigenvalue weighted by atomic mass is 79.9. The van der Waals surface area contributed by atoms with Crippen molar-refractivity contribution in [3.8, 4) is 5.88 Å². The van der Waals surface area contributed by atoms with Crippen LogP contribution in [0.5, 0.6) is 5.88 Å². The summed E-state index contributed by atoms with van der Waals surface area (Å²) in [5.41, 5.74) is 1.27. The molecule has 28 heavy (non-hydrogen) atoms. The first-order valence-electron chi connectivity index (χ1n) is 9.33. The molecular formula is C21H25BrN2O4. The Kier molecular flexibility index (Phi) is 7.42.